The van der Waals surface area contributed by atoms with Crippen molar-refractivity contribution in [1.29, 1.82) is 0 Å². The highest BCUT2D eigenvalue weighted by Gasteiger charge is 2.27. The Kier molecular flexibility index (Phi) is 4.55. The first kappa shape index (κ1) is 13.3. The van der Waals surface area contributed by atoms with E-state index in [0.29, 0.717) is 0 Å². The number of rotatable bonds is 5. The smallest absolute Gasteiger partial charge is 0.165 e. The number of hydrogen-bond donors (Lipinski definition) is 1. The van der Waals surface area contributed by atoms with Gasteiger partial charge in [0, 0.05) is 6.61 Å². The normalized spacial score (nSPS) is 20.9. The van der Waals surface area contributed by atoms with Crippen molar-refractivity contribution in [2.24, 2.45) is 0 Å². The number of hydrogen-bond acceptors (Lipinski definition) is 3. The quantitative estimate of drug-likeness (QED) is 0.875. The Bertz CT molecular complexity index is 391. The lowest BCUT2D eigenvalue weighted by Crippen LogP contribution is -2.31. The van der Waals surface area contributed by atoms with E-state index >= 15 is 0 Å². The second kappa shape index (κ2) is 6.16. The van der Waals surface area contributed by atoms with Gasteiger partial charge >= 0.3 is 0 Å². The van der Waals surface area contributed by atoms with E-state index < -0.39 is 0 Å². The Labute approximate surface area is 107 Å². The lowest BCUT2D eigenvalue weighted by atomic mass is 9.99. The van der Waals surface area contributed by atoms with Crippen LogP contribution in [0.5, 0.6) is 5.75 Å². The van der Waals surface area contributed by atoms with Gasteiger partial charge in [0.2, 0.25) is 0 Å². The van der Waals surface area contributed by atoms with Gasteiger partial charge in [-0.05, 0) is 37.1 Å². The number of nitrogens with one attached hydrogen (secondary N) is 1. The Hall–Kier alpha value is -1.13. The maximum atomic E-state index is 13.7. The first-order chi connectivity index (χ1) is 8.76. The maximum absolute atomic E-state index is 13.7. The van der Waals surface area contributed by atoms with Crippen LogP contribution in [0.4, 0.5) is 4.39 Å². The third-order valence-electron chi connectivity index (χ3n) is 3.30. The second-order valence-electron chi connectivity index (χ2n) is 4.48. The summed E-state index contributed by atoms with van der Waals surface area (Å²) < 4.78 is 24.4. The van der Waals surface area contributed by atoms with E-state index in [9.17, 15) is 4.39 Å². The minimum absolute atomic E-state index is 0.0536. The SMILES string of the molecule is CCNC(c1ccc(OC)c(F)c1)C1CCCO1. The van der Waals surface area contributed by atoms with Crippen molar-refractivity contribution < 1.29 is 13.9 Å². The largest absolute Gasteiger partial charge is 0.494 e. The van der Waals surface area contributed by atoms with Gasteiger partial charge in [0.1, 0.15) is 0 Å². The molecule has 1 aliphatic heterocycles. The molecule has 18 heavy (non-hydrogen) atoms. The molecule has 0 saturated carbocycles. The number of methoxy groups -OCH3 is 1. The molecule has 3 nitrogen and oxygen atoms in total. The Morgan fingerprint density at radius 2 is 2.39 bits per heavy atom. The summed E-state index contributed by atoms with van der Waals surface area (Å²) in [5, 5.41) is 3.37. The third-order valence-corrected chi connectivity index (χ3v) is 3.30. The highest BCUT2D eigenvalue weighted by molar-refractivity contribution is 5.31. The summed E-state index contributed by atoms with van der Waals surface area (Å²) in [4.78, 5) is 0. The second-order valence-corrected chi connectivity index (χ2v) is 4.48. The molecule has 4 heteroatoms. The van der Waals surface area contributed by atoms with Crippen molar-refractivity contribution in [2.75, 3.05) is 20.3 Å². The van der Waals surface area contributed by atoms with Crippen molar-refractivity contribution in [2.45, 2.75) is 31.9 Å². The van der Waals surface area contributed by atoms with Crippen LogP contribution < -0.4 is 10.1 Å². The predicted molar refractivity (Wildman–Crippen MR) is 68.3 cm³/mol. The van der Waals surface area contributed by atoms with Gasteiger partial charge in [-0.15, -0.1) is 0 Å². The Morgan fingerprint density at radius 1 is 1.56 bits per heavy atom. The van der Waals surface area contributed by atoms with Crippen LogP contribution >= 0.6 is 0 Å². The molecule has 1 fully saturated rings. The monoisotopic (exact) mass is 253 g/mol. The summed E-state index contributed by atoms with van der Waals surface area (Å²) in [6.45, 7) is 3.67. The lowest BCUT2D eigenvalue weighted by molar-refractivity contribution is 0.0787. The fraction of sp³-hybridized carbons (Fsp3) is 0.571. The molecule has 1 aromatic carbocycles. The fourth-order valence-electron chi connectivity index (χ4n) is 2.43. The van der Waals surface area contributed by atoms with E-state index in [-0.39, 0.29) is 23.7 Å². The van der Waals surface area contributed by atoms with Crippen LogP contribution in [0.3, 0.4) is 0 Å². The van der Waals surface area contributed by atoms with Crippen LogP contribution in [-0.2, 0) is 4.74 Å². The molecule has 1 heterocycles. The molecule has 1 aliphatic rings. The molecule has 0 amide bonds. The van der Waals surface area contributed by atoms with Gasteiger partial charge in [0.15, 0.2) is 11.6 Å². The molecule has 0 radical (unpaired) electrons. The third kappa shape index (κ3) is 2.82. The zero-order chi connectivity index (χ0) is 13.0. The summed E-state index contributed by atoms with van der Waals surface area (Å²) >= 11 is 0. The molecule has 2 unspecified atom stereocenters. The topological polar surface area (TPSA) is 30.5 Å². The average Bonchev–Trinajstić information content (AvgIpc) is 2.89. The molecular formula is C14H20FNO2. The number of halogens is 1. The van der Waals surface area contributed by atoms with E-state index in [0.717, 1.165) is 31.6 Å². The minimum atomic E-state index is -0.323. The molecule has 1 N–H and O–H groups in total. The van der Waals surface area contributed by atoms with Crippen molar-refractivity contribution in [1.82, 2.24) is 5.32 Å². The molecule has 0 aliphatic carbocycles. The van der Waals surface area contributed by atoms with E-state index in [1.165, 1.54) is 13.2 Å². The Morgan fingerprint density at radius 3 is 2.94 bits per heavy atom. The molecular weight excluding hydrogens is 233 g/mol. The van der Waals surface area contributed by atoms with E-state index in [1.54, 1.807) is 6.07 Å². The Balaban J connectivity index is 2.21. The van der Waals surface area contributed by atoms with E-state index in [1.807, 2.05) is 13.0 Å². The van der Waals surface area contributed by atoms with Crippen molar-refractivity contribution in [3.05, 3.63) is 29.6 Å². The van der Waals surface area contributed by atoms with Crippen LogP contribution in [0.2, 0.25) is 0 Å². The first-order valence-electron chi connectivity index (χ1n) is 6.44. The molecule has 0 bridgehead atoms. The van der Waals surface area contributed by atoms with Gasteiger partial charge < -0.3 is 14.8 Å². The van der Waals surface area contributed by atoms with Crippen LogP contribution in [0.25, 0.3) is 0 Å². The van der Waals surface area contributed by atoms with Crippen LogP contribution in [0, 0.1) is 5.82 Å². The van der Waals surface area contributed by atoms with Gasteiger partial charge in [-0.1, -0.05) is 13.0 Å². The lowest BCUT2D eigenvalue weighted by Gasteiger charge is -2.24. The molecule has 100 valence electrons. The van der Waals surface area contributed by atoms with Gasteiger partial charge in [0.05, 0.1) is 19.3 Å². The van der Waals surface area contributed by atoms with E-state index in [4.69, 9.17) is 9.47 Å². The molecule has 1 saturated heterocycles. The minimum Gasteiger partial charge on any atom is -0.494 e. The number of likely N-dealkylation sites (N-methyl/N-ethyl adjacent to an activating group) is 1. The molecule has 2 atom stereocenters. The summed E-state index contributed by atoms with van der Waals surface area (Å²) in [5.74, 6) is -0.0442. The standard InChI is InChI=1S/C14H20FNO2/c1-3-16-14(13-5-4-8-18-13)10-6-7-12(17-2)11(15)9-10/h6-7,9,13-14,16H,3-5,8H2,1-2H3. The van der Waals surface area contributed by atoms with Crippen LogP contribution in [-0.4, -0.2) is 26.4 Å². The number of ether oxygens (including phenoxy) is 2. The molecule has 1 aromatic rings. The molecule has 2 rings (SSSR count). The van der Waals surface area contributed by atoms with Crippen LogP contribution in [0.15, 0.2) is 18.2 Å². The average molecular weight is 253 g/mol. The zero-order valence-corrected chi connectivity index (χ0v) is 10.9. The predicted octanol–water partition coefficient (Wildman–Crippen LogP) is 2.66. The van der Waals surface area contributed by atoms with Gasteiger partial charge in [-0.2, -0.15) is 0 Å². The highest BCUT2D eigenvalue weighted by atomic mass is 19.1. The fourth-order valence-corrected chi connectivity index (χ4v) is 2.43. The van der Waals surface area contributed by atoms with Crippen molar-refractivity contribution in [3.63, 3.8) is 0 Å². The highest BCUT2D eigenvalue weighted by Crippen LogP contribution is 2.29. The maximum Gasteiger partial charge on any atom is 0.165 e. The summed E-state index contributed by atoms with van der Waals surface area (Å²) in [6.07, 6.45) is 2.23. The van der Waals surface area contributed by atoms with Crippen LogP contribution in [0.1, 0.15) is 31.4 Å². The molecule has 0 spiro atoms. The summed E-state index contributed by atoms with van der Waals surface area (Å²) in [7, 11) is 1.47. The first-order valence-corrected chi connectivity index (χ1v) is 6.44. The van der Waals surface area contributed by atoms with Gasteiger partial charge in [-0.25, -0.2) is 4.39 Å². The van der Waals surface area contributed by atoms with Crippen molar-refractivity contribution >= 4 is 0 Å². The van der Waals surface area contributed by atoms with Gasteiger partial charge in [-0.3, -0.25) is 0 Å². The van der Waals surface area contributed by atoms with Crippen molar-refractivity contribution in [3.8, 4) is 5.75 Å². The number of benzene rings is 1. The zero-order valence-electron chi connectivity index (χ0n) is 10.9. The van der Waals surface area contributed by atoms with E-state index in [2.05, 4.69) is 5.32 Å². The summed E-state index contributed by atoms with van der Waals surface area (Å²) in [6, 6.07) is 5.16. The molecule has 0 aromatic heterocycles. The summed E-state index contributed by atoms with van der Waals surface area (Å²) in [5.41, 5.74) is 0.919. The van der Waals surface area contributed by atoms with Gasteiger partial charge in [0.25, 0.3) is 0 Å².